The van der Waals surface area contributed by atoms with Gasteiger partial charge in [0.2, 0.25) is 5.91 Å². The predicted octanol–water partition coefficient (Wildman–Crippen LogP) is 4.67. The highest BCUT2D eigenvalue weighted by atomic mass is 35.5. The van der Waals surface area contributed by atoms with Gasteiger partial charge in [-0.05, 0) is 37.7 Å². The number of hydrogen-bond donors (Lipinski definition) is 1. The molecule has 0 radical (unpaired) electrons. The number of alkyl halides is 3. The second-order valence-electron chi connectivity index (χ2n) is 7.67. The monoisotopic (exact) mass is 403 g/mol. The summed E-state index contributed by atoms with van der Waals surface area (Å²) in [7, 11) is 0. The van der Waals surface area contributed by atoms with Crippen LogP contribution in [0.1, 0.15) is 51.0 Å². The number of carbonyl (C=O) groups is 1. The van der Waals surface area contributed by atoms with Gasteiger partial charge in [-0.15, -0.1) is 0 Å². The van der Waals surface area contributed by atoms with Gasteiger partial charge in [0, 0.05) is 31.2 Å². The van der Waals surface area contributed by atoms with Gasteiger partial charge >= 0.3 is 6.18 Å². The van der Waals surface area contributed by atoms with Gasteiger partial charge in [0.15, 0.2) is 0 Å². The number of rotatable bonds is 3. The smallest absolute Gasteiger partial charge is 0.355 e. The zero-order valence-corrected chi connectivity index (χ0v) is 16.1. The van der Waals surface area contributed by atoms with Gasteiger partial charge in [-0.25, -0.2) is 4.98 Å². The number of carbonyl (C=O) groups excluding carboxylic acids is 1. The summed E-state index contributed by atoms with van der Waals surface area (Å²) in [6, 6.07) is 1.17. The molecule has 2 atom stereocenters. The largest absolute Gasteiger partial charge is 0.417 e. The molecule has 4 nitrogen and oxygen atoms in total. The maximum absolute atomic E-state index is 12.7. The van der Waals surface area contributed by atoms with E-state index in [4.69, 9.17) is 11.6 Å². The van der Waals surface area contributed by atoms with Crippen LogP contribution in [0, 0.1) is 11.8 Å². The maximum Gasteiger partial charge on any atom is 0.417 e. The number of hydrogen-bond acceptors (Lipinski definition) is 3. The highest BCUT2D eigenvalue weighted by Crippen LogP contribution is 2.34. The van der Waals surface area contributed by atoms with Gasteiger partial charge < -0.3 is 10.2 Å². The zero-order chi connectivity index (χ0) is 19.6. The molecule has 0 aromatic carbocycles. The van der Waals surface area contributed by atoms with Crippen LogP contribution in [-0.2, 0) is 11.0 Å². The summed E-state index contributed by atoms with van der Waals surface area (Å²) >= 11 is 6.03. The Morgan fingerprint density at radius 3 is 2.48 bits per heavy atom. The summed E-state index contributed by atoms with van der Waals surface area (Å²) < 4.78 is 38.2. The highest BCUT2D eigenvalue weighted by Gasteiger charge is 2.33. The molecule has 1 aliphatic heterocycles. The Morgan fingerprint density at radius 1 is 1.22 bits per heavy atom. The fourth-order valence-electron chi connectivity index (χ4n) is 4.00. The molecule has 2 aliphatic rings. The lowest BCUT2D eigenvalue weighted by molar-refractivity contribution is -0.137. The van der Waals surface area contributed by atoms with Gasteiger partial charge in [-0.1, -0.05) is 31.4 Å². The number of nitrogens with zero attached hydrogens (tertiary/aromatic N) is 2. The van der Waals surface area contributed by atoms with Crippen LogP contribution < -0.4 is 10.2 Å². The summed E-state index contributed by atoms with van der Waals surface area (Å²) in [6.07, 6.45) is 2.22. The molecule has 8 heteroatoms. The summed E-state index contributed by atoms with van der Waals surface area (Å²) in [6.45, 7) is 3.29. The Hall–Kier alpha value is -1.50. The van der Waals surface area contributed by atoms with Crippen molar-refractivity contribution in [1.82, 2.24) is 10.3 Å². The van der Waals surface area contributed by atoms with Crippen molar-refractivity contribution in [3.63, 3.8) is 0 Å². The Morgan fingerprint density at radius 2 is 1.89 bits per heavy atom. The molecular formula is C19H25ClF3N3O. The minimum Gasteiger partial charge on any atom is -0.355 e. The van der Waals surface area contributed by atoms with Crippen LogP contribution in [0.5, 0.6) is 0 Å². The van der Waals surface area contributed by atoms with Gasteiger partial charge in [-0.3, -0.25) is 4.79 Å². The van der Waals surface area contributed by atoms with Gasteiger partial charge in [0.1, 0.15) is 5.82 Å². The zero-order valence-electron chi connectivity index (χ0n) is 15.4. The minimum absolute atomic E-state index is 0.0104. The number of piperidine rings is 1. The van der Waals surface area contributed by atoms with E-state index < -0.39 is 11.7 Å². The molecule has 0 spiro atoms. The Kier molecular flexibility index (Phi) is 6.18. The maximum atomic E-state index is 12.7. The molecule has 2 fully saturated rings. The first-order chi connectivity index (χ1) is 12.8. The molecule has 1 N–H and O–H groups in total. The van der Waals surface area contributed by atoms with E-state index in [1.54, 1.807) is 0 Å². The van der Waals surface area contributed by atoms with Crippen molar-refractivity contribution < 1.29 is 18.0 Å². The van der Waals surface area contributed by atoms with E-state index in [2.05, 4.69) is 17.2 Å². The van der Waals surface area contributed by atoms with Crippen molar-refractivity contribution >= 4 is 23.3 Å². The third-order valence-electron chi connectivity index (χ3n) is 5.75. The molecule has 2 heterocycles. The molecule has 0 unspecified atom stereocenters. The second kappa shape index (κ2) is 8.25. The summed E-state index contributed by atoms with van der Waals surface area (Å²) in [4.78, 5) is 18.4. The van der Waals surface area contributed by atoms with Crippen molar-refractivity contribution in [3.8, 4) is 0 Å². The third kappa shape index (κ3) is 4.86. The predicted molar refractivity (Wildman–Crippen MR) is 98.7 cm³/mol. The molecule has 1 aromatic heterocycles. The van der Waals surface area contributed by atoms with E-state index in [1.807, 2.05) is 4.90 Å². The molecule has 150 valence electrons. The molecule has 1 saturated carbocycles. The standard InChI is InChI=1S/C19H25ClF3N3O/c1-12-4-2-3-5-16(12)25-18(27)13-6-8-26(9-7-13)17-15(20)10-14(11-24-17)19(21,22)23/h10-13,16H,2-9H2,1H3,(H,25,27)/t12-,16+/m0/s1. The van der Waals surface area contributed by atoms with E-state index in [1.165, 1.54) is 6.42 Å². The molecular weight excluding hydrogens is 379 g/mol. The van der Waals surface area contributed by atoms with Gasteiger partial charge in [0.05, 0.1) is 10.6 Å². The topological polar surface area (TPSA) is 45.2 Å². The minimum atomic E-state index is -4.46. The SMILES string of the molecule is C[C@H]1CCCC[C@H]1NC(=O)C1CCN(c2ncc(C(F)(F)F)cc2Cl)CC1. The number of pyridine rings is 1. The summed E-state index contributed by atoms with van der Waals surface area (Å²) in [5.41, 5.74) is -0.855. The average Bonchev–Trinajstić information content (AvgIpc) is 2.63. The van der Waals surface area contributed by atoms with Crippen LogP contribution in [-0.4, -0.2) is 30.0 Å². The molecule has 1 aromatic rings. The lowest BCUT2D eigenvalue weighted by Crippen LogP contribution is -2.46. The molecule has 1 saturated heterocycles. The van der Waals surface area contributed by atoms with Crippen LogP contribution in [0.15, 0.2) is 12.3 Å². The van der Waals surface area contributed by atoms with E-state index in [-0.39, 0.29) is 22.9 Å². The Bertz CT molecular complexity index is 675. The second-order valence-corrected chi connectivity index (χ2v) is 8.07. The summed E-state index contributed by atoms with van der Waals surface area (Å²) in [5, 5.41) is 3.19. The van der Waals surface area contributed by atoms with Gasteiger partial charge in [0.25, 0.3) is 0 Å². The van der Waals surface area contributed by atoms with Crippen molar-refractivity contribution in [2.45, 2.75) is 57.7 Å². The summed E-state index contributed by atoms with van der Waals surface area (Å²) in [5.74, 6) is 0.894. The number of anilines is 1. The van der Waals surface area contributed by atoms with Crippen molar-refractivity contribution in [1.29, 1.82) is 0 Å². The first kappa shape index (κ1) is 20.2. The fourth-order valence-corrected chi connectivity index (χ4v) is 4.29. The fraction of sp³-hybridized carbons (Fsp3) is 0.684. The third-order valence-corrected chi connectivity index (χ3v) is 6.03. The molecule has 3 rings (SSSR count). The van der Waals surface area contributed by atoms with E-state index >= 15 is 0 Å². The molecule has 1 amide bonds. The van der Waals surface area contributed by atoms with Gasteiger partial charge in [-0.2, -0.15) is 13.2 Å². The van der Waals surface area contributed by atoms with Crippen LogP contribution in [0.4, 0.5) is 19.0 Å². The molecule has 1 aliphatic carbocycles. The van der Waals surface area contributed by atoms with Crippen LogP contribution in [0.2, 0.25) is 5.02 Å². The normalized spacial score (nSPS) is 24.7. The van der Waals surface area contributed by atoms with E-state index in [9.17, 15) is 18.0 Å². The van der Waals surface area contributed by atoms with E-state index in [0.29, 0.717) is 37.7 Å². The molecule has 0 bridgehead atoms. The quantitative estimate of drug-likeness (QED) is 0.798. The Balaban J connectivity index is 1.56. The Labute approximate surface area is 162 Å². The number of amides is 1. The van der Waals surface area contributed by atoms with Crippen LogP contribution in [0.3, 0.4) is 0 Å². The highest BCUT2D eigenvalue weighted by molar-refractivity contribution is 6.33. The van der Waals surface area contributed by atoms with Crippen LogP contribution >= 0.6 is 11.6 Å². The molecule has 27 heavy (non-hydrogen) atoms. The first-order valence-electron chi connectivity index (χ1n) is 9.53. The number of halogens is 4. The lowest BCUT2D eigenvalue weighted by atomic mass is 9.85. The first-order valence-corrected chi connectivity index (χ1v) is 9.91. The number of aromatic nitrogens is 1. The van der Waals surface area contributed by atoms with Crippen molar-refractivity contribution in [2.24, 2.45) is 11.8 Å². The van der Waals surface area contributed by atoms with Crippen molar-refractivity contribution in [2.75, 3.05) is 18.0 Å². The number of nitrogens with one attached hydrogen (secondary N) is 1. The van der Waals surface area contributed by atoms with E-state index in [0.717, 1.165) is 31.5 Å². The van der Waals surface area contributed by atoms with Crippen LogP contribution in [0.25, 0.3) is 0 Å². The van der Waals surface area contributed by atoms with Crippen molar-refractivity contribution in [3.05, 3.63) is 22.8 Å². The average molecular weight is 404 g/mol. The lowest BCUT2D eigenvalue weighted by Gasteiger charge is -2.35.